The minimum absolute atomic E-state index is 0.207. The summed E-state index contributed by atoms with van der Waals surface area (Å²) in [6, 6.07) is 8.70. The summed E-state index contributed by atoms with van der Waals surface area (Å²) in [5.41, 5.74) is 7.27. The van der Waals surface area contributed by atoms with Gasteiger partial charge in [-0.2, -0.15) is 0 Å². The third-order valence-electron chi connectivity index (χ3n) is 3.73. The molecule has 1 aliphatic heterocycles. The smallest absolute Gasteiger partial charge is 0.120 e. The minimum Gasteiger partial charge on any atom is -0.491 e. The van der Waals surface area contributed by atoms with Crippen molar-refractivity contribution >= 4 is 0 Å². The van der Waals surface area contributed by atoms with E-state index in [1.165, 1.54) is 12.0 Å². The molecule has 1 fully saturated rings. The predicted molar refractivity (Wildman–Crippen MR) is 79.4 cm³/mol. The van der Waals surface area contributed by atoms with Crippen LogP contribution in [-0.4, -0.2) is 30.6 Å². The van der Waals surface area contributed by atoms with E-state index in [1.807, 2.05) is 6.07 Å². The van der Waals surface area contributed by atoms with Gasteiger partial charge in [-0.1, -0.05) is 19.1 Å². The number of likely N-dealkylation sites (tertiary alicyclic amines) is 1. The van der Waals surface area contributed by atoms with E-state index in [9.17, 15) is 0 Å². The zero-order chi connectivity index (χ0) is 13.8. The lowest BCUT2D eigenvalue weighted by molar-refractivity contribution is 0.234. The second kappa shape index (κ2) is 6.40. The molecule has 0 radical (unpaired) electrons. The molecule has 2 N–H and O–H groups in total. The number of nitrogens with two attached hydrogens (primary N) is 1. The number of nitrogens with zero attached hydrogens (tertiary/aromatic N) is 1. The van der Waals surface area contributed by atoms with E-state index in [1.54, 1.807) is 0 Å². The van der Waals surface area contributed by atoms with Crippen LogP contribution in [0.15, 0.2) is 24.3 Å². The van der Waals surface area contributed by atoms with Crippen molar-refractivity contribution < 1.29 is 4.74 Å². The summed E-state index contributed by atoms with van der Waals surface area (Å²) in [5, 5.41) is 0. The lowest BCUT2D eigenvalue weighted by Crippen LogP contribution is -2.32. The summed E-state index contributed by atoms with van der Waals surface area (Å²) < 4.78 is 5.77. The zero-order valence-electron chi connectivity index (χ0n) is 12.3. The molecule has 1 heterocycles. The molecule has 0 amide bonds. The van der Waals surface area contributed by atoms with Gasteiger partial charge in [-0.15, -0.1) is 0 Å². The molecule has 1 saturated heterocycles. The van der Waals surface area contributed by atoms with Crippen LogP contribution in [0.2, 0.25) is 0 Å². The van der Waals surface area contributed by atoms with Gasteiger partial charge in [0, 0.05) is 19.1 Å². The minimum atomic E-state index is 0.207. The van der Waals surface area contributed by atoms with Crippen molar-refractivity contribution in [3.63, 3.8) is 0 Å². The van der Waals surface area contributed by atoms with Crippen molar-refractivity contribution in [3.05, 3.63) is 29.8 Å². The first kappa shape index (κ1) is 14.4. The van der Waals surface area contributed by atoms with Gasteiger partial charge in [0.15, 0.2) is 0 Å². The molecule has 0 saturated carbocycles. The average Bonchev–Trinajstić information content (AvgIpc) is 2.76. The van der Waals surface area contributed by atoms with E-state index in [0.29, 0.717) is 12.6 Å². The number of benzene rings is 1. The Morgan fingerprint density at radius 2 is 2.21 bits per heavy atom. The van der Waals surface area contributed by atoms with Crippen LogP contribution in [0.25, 0.3) is 0 Å². The maximum Gasteiger partial charge on any atom is 0.120 e. The van der Waals surface area contributed by atoms with Crippen molar-refractivity contribution in [3.8, 4) is 5.75 Å². The fraction of sp³-hybridized carbons (Fsp3) is 0.625. The van der Waals surface area contributed by atoms with Gasteiger partial charge in [-0.05, 0) is 50.4 Å². The van der Waals surface area contributed by atoms with Crippen molar-refractivity contribution in [2.45, 2.75) is 39.3 Å². The fourth-order valence-corrected chi connectivity index (χ4v) is 2.82. The Bertz CT molecular complexity index is 405. The van der Waals surface area contributed by atoms with Gasteiger partial charge >= 0.3 is 0 Å². The first-order valence-electron chi connectivity index (χ1n) is 7.31. The SMILES string of the molecule is CC1CCN(C(CN)c2cccc(OC(C)C)c2)C1. The highest BCUT2D eigenvalue weighted by Gasteiger charge is 2.26. The molecule has 106 valence electrons. The van der Waals surface area contributed by atoms with Crippen LogP contribution in [0.5, 0.6) is 5.75 Å². The molecule has 0 aliphatic carbocycles. The Labute approximate surface area is 116 Å². The highest BCUT2D eigenvalue weighted by molar-refractivity contribution is 5.31. The molecular weight excluding hydrogens is 236 g/mol. The van der Waals surface area contributed by atoms with E-state index in [4.69, 9.17) is 10.5 Å². The normalized spacial score (nSPS) is 21.8. The van der Waals surface area contributed by atoms with Gasteiger partial charge in [0.2, 0.25) is 0 Å². The average molecular weight is 262 g/mol. The first-order chi connectivity index (χ1) is 9.10. The van der Waals surface area contributed by atoms with E-state index in [0.717, 1.165) is 24.8 Å². The van der Waals surface area contributed by atoms with Crippen molar-refractivity contribution in [1.82, 2.24) is 4.90 Å². The molecule has 0 bridgehead atoms. The lowest BCUT2D eigenvalue weighted by Gasteiger charge is -2.27. The van der Waals surface area contributed by atoms with Crippen LogP contribution in [-0.2, 0) is 0 Å². The Hall–Kier alpha value is -1.06. The predicted octanol–water partition coefficient (Wildman–Crippen LogP) is 2.82. The van der Waals surface area contributed by atoms with Gasteiger partial charge in [0.1, 0.15) is 5.75 Å². The molecule has 3 nitrogen and oxygen atoms in total. The quantitative estimate of drug-likeness (QED) is 0.887. The van der Waals surface area contributed by atoms with E-state index in [-0.39, 0.29) is 6.10 Å². The Kier molecular flexibility index (Phi) is 4.83. The molecule has 0 spiro atoms. The monoisotopic (exact) mass is 262 g/mol. The highest BCUT2D eigenvalue weighted by Crippen LogP contribution is 2.28. The van der Waals surface area contributed by atoms with Crippen molar-refractivity contribution in [2.24, 2.45) is 11.7 Å². The number of ether oxygens (including phenoxy) is 1. The molecule has 1 aromatic carbocycles. The van der Waals surface area contributed by atoms with Crippen LogP contribution < -0.4 is 10.5 Å². The second-order valence-corrected chi connectivity index (χ2v) is 5.88. The van der Waals surface area contributed by atoms with Gasteiger partial charge < -0.3 is 10.5 Å². The molecule has 0 aromatic heterocycles. The Morgan fingerprint density at radius 3 is 2.79 bits per heavy atom. The van der Waals surface area contributed by atoms with E-state index >= 15 is 0 Å². The van der Waals surface area contributed by atoms with Crippen molar-refractivity contribution in [2.75, 3.05) is 19.6 Å². The summed E-state index contributed by atoms with van der Waals surface area (Å²) in [4.78, 5) is 2.50. The maximum atomic E-state index is 6.00. The Balaban J connectivity index is 2.13. The molecule has 2 unspecified atom stereocenters. The summed E-state index contributed by atoms with van der Waals surface area (Å²) >= 11 is 0. The topological polar surface area (TPSA) is 38.5 Å². The molecule has 2 rings (SSSR count). The fourth-order valence-electron chi connectivity index (χ4n) is 2.82. The van der Waals surface area contributed by atoms with Crippen LogP contribution in [0.1, 0.15) is 38.8 Å². The van der Waals surface area contributed by atoms with Crippen LogP contribution in [0.3, 0.4) is 0 Å². The standard InChI is InChI=1S/C16H26N2O/c1-12(2)19-15-6-4-5-14(9-15)16(10-17)18-8-7-13(3)11-18/h4-6,9,12-13,16H,7-8,10-11,17H2,1-3H3. The third kappa shape index (κ3) is 3.71. The van der Waals surface area contributed by atoms with Gasteiger partial charge in [-0.25, -0.2) is 0 Å². The largest absolute Gasteiger partial charge is 0.491 e. The van der Waals surface area contributed by atoms with Gasteiger partial charge in [-0.3, -0.25) is 4.90 Å². The van der Waals surface area contributed by atoms with E-state index < -0.39 is 0 Å². The number of rotatable bonds is 5. The lowest BCUT2D eigenvalue weighted by atomic mass is 10.1. The summed E-state index contributed by atoms with van der Waals surface area (Å²) in [7, 11) is 0. The summed E-state index contributed by atoms with van der Waals surface area (Å²) in [6.45, 7) is 9.38. The van der Waals surface area contributed by atoms with Gasteiger partial charge in [0.25, 0.3) is 0 Å². The third-order valence-corrected chi connectivity index (χ3v) is 3.73. The first-order valence-corrected chi connectivity index (χ1v) is 7.31. The summed E-state index contributed by atoms with van der Waals surface area (Å²) in [5.74, 6) is 1.72. The number of hydrogen-bond acceptors (Lipinski definition) is 3. The molecule has 1 aromatic rings. The summed E-state index contributed by atoms with van der Waals surface area (Å²) in [6.07, 6.45) is 1.48. The van der Waals surface area contributed by atoms with Gasteiger partial charge in [0.05, 0.1) is 6.10 Å². The van der Waals surface area contributed by atoms with Crippen molar-refractivity contribution in [1.29, 1.82) is 0 Å². The zero-order valence-corrected chi connectivity index (χ0v) is 12.3. The molecule has 19 heavy (non-hydrogen) atoms. The second-order valence-electron chi connectivity index (χ2n) is 5.88. The molecule has 2 atom stereocenters. The molecular formula is C16H26N2O. The number of hydrogen-bond donors (Lipinski definition) is 1. The molecule has 1 aliphatic rings. The van der Waals surface area contributed by atoms with Crippen LogP contribution in [0, 0.1) is 5.92 Å². The Morgan fingerprint density at radius 1 is 1.42 bits per heavy atom. The van der Waals surface area contributed by atoms with Crippen LogP contribution in [0.4, 0.5) is 0 Å². The highest BCUT2D eigenvalue weighted by atomic mass is 16.5. The molecule has 3 heteroatoms. The van der Waals surface area contributed by atoms with Crippen LogP contribution >= 0.6 is 0 Å². The van der Waals surface area contributed by atoms with E-state index in [2.05, 4.69) is 43.9 Å². The maximum absolute atomic E-state index is 6.00.